The van der Waals surface area contributed by atoms with E-state index in [-0.39, 0.29) is 0 Å². The number of thiocarbonyl (C=S) groups is 1. The van der Waals surface area contributed by atoms with Gasteiger partial charge < -0.3 is 4.74 Å². The van der Waals surface area contributed by atoms with Crippen LogP contribution in [0.4, 0.5) is 0 Å². The lowest BCUT2D eigenvalue weighted by Gasteiger charge is -2.31. The second-order valence-corrected chi connectivity index (χ2v) is 5.52. The van der Waals surface area contributed by atoms with Crippen LogP contribution in [0.2, 0.25) is 0 Å². The van der Waals surface area contributed by atoms with Crippen molar-refractivity contribution in [2.45, 2.75) is 31.6 Å². The summed E-state index contributed by atoms with van der Waals surface area (Å²) >= 11 is 4.60. The molecule has 1 fully saturated rings. The van der Waals surface area contributed by atoms with E-state index in [1.54, 1.807) is 0 Å². The molecular formula is C18H17NOS. The van der Waals surface area contributed by atoms with E-state index in [1.165, 1.54) is 16.7 Å². The van der Waals surface area contributed by atoms with E-state index in [1.807, 2.05) is 6.07 Å². The van der Waals surface area contributed by atoms with Crippen LogP contribution in [0.5, 0.6) is 0 Å². The zero-order chi connectivity index (χ0) is 14.5. The maximum absolute atomic E-state index is 5.86. The molecule has 0 aromatic heterocycles. The summed E-state index contributed by atoms with van der Waals surface area (Å²) in [6.45, 7) is 0.660. The predicted octanol–water partition coefficient (Wildman–Crippen LogP) is 4.50. The van der Waals surface area contributed by atoms with E-state index >= 15 is 0 Å². The summed E-state index contributed by atoms with van der Waals surface area (Å²) in [5.41, 5.74) is 3.68. The van der Waals surface area contributed by atoms with Gasteiger partial charge in [-0.1, -0.05) is 54.6 Å². The summed E-state index contributed by atoms with van der Waals surface area (Å²) in [6.07, 6.45) is 2.24. The Morgan fingerprint density at radius 1 is 1.00 bits per heavy atom. The van der Waals surface area contributed by atoms with E-state index in [0.717, 1.165) is 12.8 Å². The first-order valence-electron chi connectivity index (χ1n) is 7.18. The molecule has 0 bridgehead atoms. The monoisotopic (exact) mass is 295 g/mol. The summed E-state index contributed by atoms with van der Waals surface area (Å²) in [6, 6.07) is 19.3. The maximum Gasteiger partial charge on any atom is 0.0720 e. The zero-order valence-electron chi connectivity index (χ0n) is 11.7. The molecule has 0 amide bonds. The Bertz CT molecular complexity index is 626. The van der Waals surface area contributed by atoms with Crippen molar-refractivity contribution in [3.8, 4) is 11.1 Å². The highest BCUT2D eigenvalue weighted by molar-refractivity contribution is 7.78. The average molecular weight is 295 g/mol. The van der Waals surface area contributed by atoms with Crippen molar-refractivity contribution in [3.63, 3.8) is 0 Å². The molecule has 3 rings (SSSR count). The van der Waals surface area contributed by atoms with Gasteiger partial charge in [0, 0.05) is 0 Å². The van der Waals surface area contributed by atoms with Gasteiger partial charge in [-0.05, 0) is 41.7 Å². The third-order valence-corrected chi connectivity index (χ3v) is 3.96. The molecule has 1 saturated carbocycles. The molecule has 0 N–H and O–H groups in total. The molecule has 0 saturated heterocycles. The van der Waals surface area contributed by atoms with E-state index in [0.29, 0.717) is 18.8 Å². The lowest BCUT2D eigenvalue weighted by Crippen LogP contribution is -2.34. The van der Waals surface area contributed by atoms with Gasteiger partial charge in [-0.3, -0.25) is 0 Å². The standard InChI is InChI=1S/C18H17NOS/c21-13-19-17-10-18(11-17)20-12-14-6-8-16(9-7-14)15-4-2-1-3-5-15/h1-9,17-18H,10-12H2. The summed E-state index contributed by atoms with van der Waals surface area (Å²) in [5.74, 6) is 0. The van der Waals surface area contributed by atoms with Gasteiger partial charge in [-0.15, -0.1) is 0 Å². The van der Waals surface area contributed by atoms with Crippen molar-refractivity contribution >= 4 is 17.4 Å². The third-order valence-electron chi connectivity index (χ3n) is 3.85. The van der Waals surface area contributed by atoms with E-state index in [4.69, 9.17) is 4.74 Å². The molecular weight excluding hydrogens is 278 g/mol. The zero-order valence-corrected chi connectivity index (χ0v) is 12.6. The fourth-order valence-corrected chi connectivity index (χ4v) is 2.64. The highest BCUT2D eigenvalue weighted by Crippen LogP contribution is 2.27. The van der Waals surface area contributed by atoms with Crippen LogP contribution in [0.1, 0.15) is 18.4 Å². The quantitative estimate of drug-likeness (QED) is 0.598. The topological polar surface area (TPSA) is 21.6 Å². The van der Waals surface area contributed by atoms with Crippen molar-refractivity contribution in [1.82, 2.24) is 0 Å². The first-order chi connectivity index (χ1) is 10.3. The molecule has 1 aliphatic carbocycles. The van der Waals surface area contributed by atoms with Gasteiger partial charge in [0.15, 0.2) is 0 Å². The lowest BCUT2D eigenvalue weighted by molar-refractivity contribution is -0.0182. The first kappa shape index (κ1) is 14.2. The fourth-order valence-electron chi connectivity index (χ4n) is 2.49. The van der Waals surface area contributed by atoms with Gasteiger partial charge in [-0.2, -0.15) is 0 Å². The number of benzene rings is 2. The second kappa shape index (κ2) is 6.77. The van der Waals surface area contributed by atoms with Gasteiger partial charge >= 0.3 is 0 Å². The number of ether oxygens (including phenoxy) is 1. The summed E-state index contributed by atoms with van der Waals surface area (Å²) in [5, 5.41) is 2.44. The molecule has 0 aliphatic heterocycles. The number of rotatable bonds is 5. The van der Waals surface area contributed by atoms with Gasteiger partial charge in [0.05, 0.1) is 23.9 Å². The van der Waals surface area contributed by atoms with E-state index in [9.17, 15) is 0 Å². The average Bonchev–Trinajstić information content (AvgIpc) is 2.51. The molecule has 2 nitrogen and oxygen atoms in total. The van der Waals surface area contributed by atoms with Crippen LogP contribution in [0, 0.1) is 0 Å². The maximum atomic E-state index is 5.86. The van der Waals surface area contributed by atoms with E-state index < -0.39 is 0 Å². The summed E-state index contributed by atoms with van der Waals surface area (Å²) < 4.78 is 5.86. The van der Waals surface area contributed by atoms with Gasteiger partial charge in [0.2, 0.25) is 0 Å². The van der Waals surface area contributed by atoms with Crippen molar-refractivity contribution in [2.75, 3.05) is 0 Å². The second-order valence-electron chi connectivity index (χ2n) is 5.34. The van der Waals surface area contributed by atoms with Crippen molar-refractivity contribution < 1.29 is 4.74 Å². The number of hydrogen-bond acceptors (Lipinski definition) is 3. The predicted molar refractivity (Wildman–Crippen MR) is 88.5 cm³/mol. The van der Waals surface area contributed by atoms with Crippen LogP contribution in [0.3, 0.4) is 0 Å². The Hall–Kier alpha value is -1.80. The Morgan fingerprint density at radius 2 is 1.67 bits per heavy atom. The number of aliphatic imine (C=N–C) groups is 1. The highest BCUT2D eigenvalue weighted by Gasteiger charge is 2.29. The minimum Gasteiger partial charge on any atom is -0.373 e. The van der Waals surface area contributed by atoms with Crippen LogP contribution in [-0.2, 0) is 11.3 Å². The van der Waals surface area contributed by atoms with Crippen molar-refractivity contribution in [2.24, 2.45) is 4.99 Å². The Kier molecular flexibility index (Phi) is 4.56. The number of isothiocyanates is 1. The van der Waals surface area contributed by atoms with Crippen LogP contribution >= 0.6 is 12.2 Å². The smallest absolute Gasteiger partial charge is 0.0720 e. The molecule has 0 spiro atoms. The molecule has 0 radical (unpaired) electrons. The molecule has 0 atom stereocenters. The Balaban J connectivity index is 1.53. The molecule has 0 unspecified atom stereocenters. The number of nitrogens with zero attached hydrogens (tertiary/aromatic N) is 1. The van der Waals surface area contributed by atoms with Crippen LogP contribution in [-0.4, -0.2) is 17.3 Å². The lowest BCUT2D eigenvalue weighted by atomic mass is 9.90. The van der Waals surface area contributed by atoms with Crippen LogP contribution in [0.15, 0.2) is 59.6 Å². The molecule has 21 heavy (non-hydrogen) atoms. The summed E-state index contributed by atoms with van der Waals surface area (Å²) in [7, 11) is 0. The molecule has 1 aliphatic rings. The van der Waals surface area contributed by atoms with Gasteiger partial charge in [0.25, 0.3) is 0 Å². The molecule has 106 valence electrons. The molecule has 2 aromatic carbocycles. The largest absolute Gasteiger partial charge is 0.373 e. The summed E-state index contributed by atoms with van der Waals surface area (Å²) in [4.78, 5) is 4.07. The Morgan fingerprint density at radius 3 is 2.33 bits per heavy atom. The van der Waals surface area contributed by atoms with Crippen molar-refractivity contribution in [1.29, 1.82) is 0 Å². The molecule has 3 heteroatoms. The van der Waals surface area contributed by atoms with Crippen LogP contribution in [0.25, 0.3) is 11.1 Å². The minimum absolute atomic E-state index is 0.316. The fraction of sp³-hybridized carbons (Fsp3) is 0.278. The van der Waals surface area contributed by atoms with Crippen LogP contribution < -0.4 is 0 Å². The highest BCUT2D eigenvalue weighted by atomic mass is 32.1. The van der Waals surface area contributed by atoms with Gasteiger partial charge in [0.1, 0.15) is 0 Å². The Labute approximate surface area is 130 Å². The molecule has 2 aromatic rings. The number of hydrogen-bond donors (Lipinski definition) is 0. The third kappa shape index (κ3) is 3.64. The first-order valence-corrected chi connectivity index (χ1v) is 7.59. The normalized spacial score (nSPS) is 20.4. The minimum atomic E-state index is 0.316. The SMILES string of the molecule is S=C=NC1CC(OCc2ccc(-c3ccccc3)cc2)C1. The van der Waals surface area contributed by atoms with Gasteiger partial charge in [-0.25, -0.2) is 4.99 Å². The molecule has 0 heterocycles. The van der Waals surface area contributed by atoms with Crippen molar-refractivity contribution in [3.05, 3.63) is 60.2 Å². The van der Waals surface area contributed by atoms with E-state index in [2.05, 4.69) is 70.9 Å².